The van der Waals surface area contributed by atoms with E-state index >= 15 is 0 Å². The highest BCUT2D eigenvalue weighted by Gasteiger charge is 2.37. The average molecular weight is 385 g/mol. The van der Waals surface area contributed by atoms with Crippen LogP contribution in [0.5, 0.6) is 0 Å². The summed E-state index contributed by atoms with van der Waals surface area (Å²) >= 11 is 6.50. The molecule has 142 valence electrons. The minimum Gasteiger partial charge on any atom is -0.396 e. The van der Waals surface area contributed by atoms with Crippen LogP contribution >= 0.6 is 11.6 Å². The first-order valence-corrected chi connectivity index (χ1v) is 9.88. The average Bonchev–Trinajstić information content (AvgIpc) is 3.25. The Bertz CT molecular complexity index is 970. The van der Waals surface area contributed by atoms with Crippen molar-refractivity contribution < 1.29 is 5.11 Å². The molecule has 0 bridgehead atoms. The van der Waals surface area contributed by atoms with Crippen LogP contribution in [-0.4, -0.2) is 39.3 Å². The number of para-hydroxylation sites is 2. The highest BCUT2D eigenvalue weighted by atomic mass is 35.5. The molecule has 6 heteroatoms. The maximum Gasteiger partial charge on any atom is 0.142 e. The number of aromatic nitrogens is 3. The molecule has 1 unspecified atom stereocenters. The molecular weight excluding hydrogens is 360 g/mol. The van der Waals surface area contributed by atoms with Gasteiger partial charge in [-0.15, -0.1) is 0 Å². The number of hydrogen-bond acceptors (Lipinski definition) is 4. The van der Waals surface area contributed by atoms with Gasteiger partial charge in [-0.1, -0.05) is 37.1 Å². The molecule has 1 N–H and O–H groups in total. The van der Waals surface area contributed by atoms with Gasteiger partial charge in [0.2, 0.25) is 0 Å². The van der Waals surface area contributed by atoms with Gasteiger partial charge in [-0.3, -0.25) is 0 Å². The Hall–Kier alpha value is -2.11. The van der Waals surface area contributed by atoms with Crippen LogP contribution in [0.3, 0.4) is 0 Å². The number of aliphatic hydroxyl groups is 1. The summed E-state index contributed by atoms with van der Waals surface area (Å²) in [6, 6.07) is 10.1. The maximum atomic E-state index is 9.92. The van der Waals surface area contributed by atoms with Gasteiger partial charge in [-0.05, 0) is 31.0 Å². The van der Waals surface area contributed by atoms with E-state index in [0.29, 0.717) is 5.02 Å². The molecule has 1 saturated heterocycles. The number of nitrogens with zero attached hydrogens (tertiary/aromatic N) is 4. The van der Waals surface area contributed by atoms with Crippen LogP contribution in [-0.2, 0) is 7.05 Å². The third-order valence-corrected chi connectivity index (χ3v) is 6.05. The van der Waals surface area contributed by atoms with Gasteiger partial charge >= 0.3 is 0 Å². The van der Waals surface area contributed by atoms with E-state index in [1.54, 1.807) is 6.20 Å². The summed E-state index contributed by atoms with van der Waals surface area (Å²) in [5.74, 6) is 1.74. The SMILES string of the molecule is CCCC1(CO)CCN(c2cc(-c3nc4ccccc4n3C)c(Cl)cn2)C1. The summed E-state index contributed by atoms with van der Waals surface area (Å²) in [5.41, 5.74) is 2.89. The Kier molecular flexibility index (Phi) is 4.82. The molecule has 0 saturated carbocycles. The fraction of sp³-hybridized carbons (Fsp3) is 0.429. The summed E-state index contributed by atoms with van der Waals surface area (Å²) in [4.78, 5) is 11.6. The highest BCUT2D eigenvalue weighted by molar-refractivity contribution is 6.33. The Morgan fingerprint density at radius 1 is 1.30 bits per heavy atom. The standard InChI is InChI=1S/C21H25ClN4O/c1-3-8-21(14-27)9-10-26(13-21)19-11-15(16(22)12-23-19)20-24-17-6-4-5-7-18(17)25(20)2/h4-7,11-12,27H,3,8-10,13-14H2,1-2H3. The first kappa shape index (κ1) is 18.3. The number of fused-ring (bicyclic) bond motifs is 1. The van der Waals surface area contributed by atoms with Crippen LogP contribution in [0, 0.1) is 5.41 Å². The van der Waals surface area contributed by atoms with Gasteiger partial charge in [0.05, 0.1) is 22.7 Å². The number of hydrogen-bond donors (Lipinski definition) is 1. The van der Waals surface area contributed by atoms with Crippen LogP contribution in [0.4, 0.5) is 5.82 Å². The van der Waals surface area contributed by atoms with Crippen LogP contribution in [0.25, 0.3) is 22.4 Å². The van der Waals surface area contributed by atoms with Crippen molar-refractivity contribution in [3.05, 3.63) is 41.6 Å². The molecule has 4 rings (SSSR count). The number of aryl methyl sites for hydroxylation is 1. The second kappa shape index (κ2) is 7.13. The largest absolute Gasteiger partial charge is 0.396 e. The molecule has 1 atom stereocenters. The Labute approximate surface area is 164 Å². The quantitative estimate of drug-likeness (QED) is 0.713. The lowest BCUT2D eigenvalue weighted by Crippen LogP contribution is -2.30. The van der Waals surface area contributed by atoms with E-state index in [9.17, 15) is 5.11 Å². The zero-order valence-corrected chi connectivity index (χ0v) is 16.6. The minimum absolute atomic E-state index is 0.0197. The topological polar surface area (TPSA) is 54.2 Å². The van der Waals surface area contributed by atoms with Crippen molar-refractivity contribution in [3.63, 3.8) is 0 Å². The van der Waals surface area contributed by atoms with Gasteiger partial charge in [0.25, 0.3) is 0 Å². The number of rotatable bonds is 5. The molecule has 0 radical (unpaired) electrons. The van der Waals surface area contributed by atoms with Crippen LogP contribution < -0.4 is 4.90 Å². The van der Waals surface area contributed by atoms with Gasteiger partial charge in [0, 0.05) is 37.3 Å². The van der Waals surface area contributed by atoms with Gasteiger partial charge < -0.3 is 14.6 Å². The Morgan fingerprint density at radius 3 is 2.85 bits per heavy atom. The molecule has 2 aromatic heterocycles. The van der Waals surface area contributed by atoms with Gasteiger partial charge in [0.1, 0.15) is 11.6 Å². The lowest BCUT2D eigenvalue weighted by molar-refractivity contribution is 0.134. The van der Waals surface area contributed by atoms with Crippen molar-refractivity contribution >= 4 is 28.5 Å². The van der Waals surface area contributed by atoms with E-state index in [1.165, 1.54) is 0 Å². The van der Waals surface area contributed by atoms with Crippen LogP contribution in [0.1, 0.15) is 26.2 Å². The van der Waals surface area contributed by atoms with Crippen molar-refractivity contribution in [3.8, 4) is 11.4 Å². The molecule has 1 aromatic carbocycles. The molecular formula is C21H25ClN4O. The molecule has 3 heterocycles. The lowest BCUT2D eigenvalue weighted by atomic mass is 9.83. The molecule has 27 heavy (non-hydrogen) atoms. The summed E-state index contributed by atoms with van der Waals surface area (Å²) in [6.07, 6.45) is 4.81. The van der Waals surface area contributed by atoms with E-state index in [-0.39, 0.29) is 12.0 Å². The third-order valence-electron chi connectivity index (χ3n) is 5.75. The summed E-state index contributed by atoms with van der Waals surface area (Å²) in [5, 5.41) is 10.5. The van der Waals surface area contributed by atoms with Crippen molar-refractivity contribution in [1.29, 1.82) is 0 Å². The maximum absolute atomic E-state index is 9.92. The molecule has 1 aliphatic heterocycles. The smallest absolute Gasteiger partial charge is 0.142 e. The van der Waals surface area contributed by atoms with Crippen LogP contribution in [0.15, 0.2) is 36.5 Å². The fourth-order valence-electron chi connectivity index (χ4n) is 4.23. The monoisotopic (exact) mass is 384 g/mol. The molecule has 1 aliphatic rings. The molecule has 1 fully saturated rings. The molecule has 0 aliphatic carbocycles. The minimum atomic E-state index is -0.0197. The summed E-state index contributed by atoms with van der Waals surface area (Å²) < 4.78 is 2.07. The lowest BCUT2D eigenvalue weighted by Gasteiger charge is -2.27. The fourth-order valence-corrected chi connectivity index (χ4v) is 4.42. The summed E-state index contributed by atoms with van der Waals surface area (Å²) in [7, 11) is 2.01. The Morgan fingerprint density at radius 2 is 2.11 bits per heavy atom. The van der Waals surface area contributed by atoms with Crippen molar-refractivity contribution in [2.24, 2.45) is 12.5 Å². The van der Waals surface area contributed by atoms with E-state index in [4.69, 9.17) is 16.6 Å². The van der Waals surface area contributed by atoms with E-state index in [1.807, 2.05) is 31.3 Å². The number of pyridine rings is 1. The normalized spacial score (nSPS) is 19.9. The molecule has 0 amide bonds. The second-order valence-corrected chi connectivity index (χ2v) is 7.99. The van der Waals surface area contributed by atoms with E-state index in [2.05, 4.69) is 27.4 Å². The van der Waals surface area contributed by atoms with Gasteiger partial charge in [0.15, 0.2) is 0 Å². The molecule has 3 aromatic rings. The predicted molar refractivity (Wildman–Crippen MR) is 110 cm³/mol. The molecule has 0 spiro atoms. The van der Waals surface area contributed by atoms with Crippen molar-refractivity contribution in [2.75, 3.05) is 24.6 Å². The van der Waals surface area contributed by atoms with Gasteiger partial charge in [-0.25, -0.2) is 9.97 Å². The van der Waals surface area contributed by atoms with Crippen LogP contribution in [0.2, 0.25) is 5.02 Å². The number of halogens is 1. The Balaban J connectivity index is 1.71. The van der Waals surface area contributed by atoms with E-state index < -0.39 is 0 Å². The zero-order valence-electron chi connectivity index (χ0n) is 15.8. The number of benzene rings is 1. The van der Waals surface area contributed by atoms with Crippen molar-refractivity contribution in [1.82, 2.24) is 14.5 Å². The third kappa shape index (κ3) is 3.19. The first-order valence-electron chi connectivity index (χ1n) is 9.50. The second-order valence-electron chi connectivity index (χ2n) is 7.59. The zero-order chi connectivity index (χ0) is 19.0. The number of aliphatic hydroxyl groups excluding tert-OH is 1. The first-order chi connectivity index (χ1) is 13.1. The van der Waals surface area contributed by atoms with Crippen molar-refractivity contribution in [2.45, 2.75) is 26.2 Å². The highest BCUT2D eigenvalue weighted by Crippen LogP contribution is 2.38. The predicted octanol–water partition coefficient (Wildman–Crippen LogP) is 4.28. The molecule has 5 nitrogen and oxygen atoms in total. The summed E-state index contributed by atoms with van der Waals surface area (Å²) in [6.45, 7) is 4.12. The van der Waals surface area contributed by atoms with E-state index in [0.717, 1.165) is 60.6 Å². The number of anilines is 1. The van der Waals surface area contributed by atoms with Gasteiger partial charge in [-0.2, -0.15) is 0 Å². The number of imidazole rings is 1.